The van der Waals surface area contributed by atoms with E-state index in [4.69, 9.17) is 15.6 Å². The Bertz CT molecular complexity index is 219. The summed E-state index contributed by atoms with van der Waals surface area (Å²) in [6.07, 6.45) is 2.70. The number of ketones is 1. The first-order chi connectivity index (χ1) is 7.45. The molecule has 0 bridgehead atoms. The fourth-order valence-corrected chi connectivity index (χ4v) is 0.790. The van der Waals surface area contributed by atoms with Crippen molar-refractivity contribution in [1.82, 2.24) is 5.32 Å². The Morgan fingerprint density at radius 3 is 2.25 bits per heavy atom. The van der Waals surface area contributed by atoms with Crippen LogP contribution in [0.5, 0.6) is 0 Å². The minimum absolute atomic E-state index is 0.278. The van der Waals surface area contributed by atoms with Crippen molar-refractivity contribution in [2.45, 2.75) is 32.2 Å². The van der Waals surface area contributed by atoms with Crippen molar-refractivity contribution in [2.75, 3.05) is 13.6 Å². The SMILES string of the molecule is CC(=O)C=O.CNCCCCC(N)C(=O)O. The molecule has 0 aromatic rings. The van der Waals surface area contributed by atoms with Crippen molar-refractivity contribution < 1.29 is 19.5 Å². The molecule has 0 aliphatic heterocycles. The molecule has 1 unspecified atom stereocenters. The smallest absolute Gasteiger partial charge is 0.320 e. The van der Waals surface area contributed by atoms with Crippen molar-refractivity contribution >= 4 is 18.0 Å². The van der Waals surface area contributed by atoms with Crippen LogP contribution in [0.15, 0.2) is 0 Å². The van der Waals surface area contributed by atoms with Crippen molar-refractivity contribution in [3.05, 3.63) is 0 Å². The number of carboxylic acid groups (broad SMARTS) is 1. The quantitative estimate of drug-likeness (QED) is 0.312. The maximum Gasteiger partial charge on any atom is 0.320 e. The number of rotatable bonds is 7. The van der Waals surface area contributed by atoms with Crippen LogP contribution in [0, 0.1) is 0 Å². The Kier molecular flexibility index (Phi) is 12.6. The number of carbonyl (C=O) groups is 3. The van der Waals surface area contributed by atoms with Gasteiger partial charge < -0.3 is 16.2 Å². The average molecular weight is 232 g/mol. The van der Waals surface area contributed by atoms with Crippen LogP contribution in [0.4, 0.5) is 0 Å². The van der Waals surface area contributed by atoms with Crippen molar-refractivity contribution in [3.8, 4) is 0 Å². The zero-order valence-corrected chi connectivity index (χ0v) is 9.73. The van der Waals surface area contributed by atoms with Gasteiger partial charge in [-0.15, -0.1) is 0 Å². The van der Waals surface area contributed by atoms with Crippen molar-refractivity contribution in [1.29, 1.82) is 0 Å². The van der Waals surface area contributed by atoms with E-state index < -0.39 is 17.8 Å². The molecule has 4 N–H and O–H groups in total. The van der Waals surface area contributed by atoms with E-state index in [1.807, 2.05) is 7.05 Å². The molecule has 0 spiro atoms. The summed E-state index contributed by atoms with van der Waals surface area (Å²) >= 11 is 0. The van der Waals surface area contributed by atoms with Gasteiger partial charge in [0.2, 0.25) is 0 Å². The number of hydrogen-bond donors (Lipinski definition) is 3. The summed E-state index contributed by atoms with van der Waals surface area (Å²) in [6, 6.07) is -0.688. The van der Waals surface area contributed by atoms with Crippen LogP contribution < -0.4 is 11.1 Å². The van der Waals surface area contributed by atoms with E-state index in [1.54, 1.807) is 0 Å². The molecule has 0 fully saturated rings. The molecular weight excluding hydrogens is 212 g/mol. The molecule has 0 aromatic heterocycles. The molecule has 6 heteroatoms. The van der Waals surface area contributed by atoms with Crippen LogP contribution in [0.3, 0.4) is 0 Å². The van der Waals surface area contributed by atoms with Gasteiger partial charge in [-0.05, 0) is 26.4 Å². The second kappa shape index (κ2) is 11.8. The van der Waals surface area contributed by atoms with Gasteiger partial charge in [-0.25, -0.2) is 0 Å². The van der Waals surface area contributed by atoms with Gasteiger partial charge >= 0.3 is 5.97 Å². The van der Waals surface area contributed by atoms with Gasteiger partial charge in [-0.2, -0.15) is 0 Å². The molecule has 0 rings (SSSR count). The normalized spacial score (nSPS) is 10.9. The summed E-state index contributed by atoms with van der Waals surface area (Å²) < 4.78 is 0. The third-order valence-corrected chi connectivity index (χ3v) is 1.68. The first kappa shape index (κ1) is 17.1. The number of carboxylic acids is 1. The fourth-order valence-electron chi connectivity index (χ4n) is 0.790. The minimum Gasteiger partial charge on any atom is -0.480 e. The summed E-state index contributed by atoms with van der Waals surface area (Å²) in [5.74, 6) is -1.33. The molecular formula is C10H20N2O4. The summed E-state index contributed by atoms with van der Waals surface area (Å²) in [6.45, 7) is 2.14. The molecule has 0 saturated carbocycles. The highest BCUT2D eigenvalue weighted by Gasteiger charge is 2.09. The number of Topliss-reactive ketones (excluding diaryl/α,β-unsaturated/α-hetero) is 1. The number of aldehydes is 1. The van der Waals surface area contributed by atoms with Gasteiger partial charge in [0.25, 0.3) is 0 Å². The monoisotopic (exact) mass is 232 g/mol. The van der Waals surface area contributed by atoms with Crippen LogP contribution in [-0.2, 0) is 14.4 Å². The van der Waals surface area contributed by atoms with Gasteiger partial charge in [-0.3, -0.25) is 14.4 Å². The Balaban J connectivity index is 0. The van der Waals surface area contributed by atoms with E-state index in [1.165, 1.54) is 6.92 Å². The van der Waals surface area contributed by atoms with E-state index in [-0.39, 0.29) is 6.29 Å². The molecule has 0 radical (unpaired) electrons. The van der Waals surface area contributed by atoms with Crippen molar-refractivity contribution in [3.63, 3.8) is 0 Å². The zero-order valence-electron chi connectivity index (χ0n) is 9.73. The molecule has 0 aromatic carbocycles. The van der Waals surface area contributed by atoms with E-state index in [0.29, 0.717) is 6.42 Å². The fraction of sp³-hybridized carbons (Fsp3) is 0.700. The Morgan fingerprint density at radius 2 is 1.94 bits per heavy atom. The lowest BCUT2D eigenvalue weighted by molar-refractivity contribution is -0.138. The number of aliphatic carboxylic acids is 1. The topological polar surface area (TPSA) is 109 Å². The number of nitrogens with one attached hydrogen (secondary N) is 1. The predicted molar refractivity (Wildman–Crippen MR) is 60.1 cm³/mol. The second-order valence-electron chi connectivity index (χ2n) is 3.27. The minimum atomic E-state index is -0.908. The van der Waals surface area contributed by atoms with Gasteiger partial charge in [0.1, 0.15) is 6.04 Å². The summed E-state index contributed by atoms with van der Waals surface area (Å²) in [5, 5.41) is 11.4. The maximum absolute atomic E-state index is 10.2. The Labute approximate surface area is 95.2 Å². The molecule has 6 nitrogen and oxygen atoms in total. The van der Waals surface area contributed by atoms with Gasteiger partial charge in [0.15, 0.2) is 12.1 Å². The lowest BCUT2D eigenvalue weighted by atomic mass is 10.1. The average Bonchev–Trinajstić information content (AvgIpc) is 2.24. The maximum atomic E-state index is 10.2. The van der Waals surface area contributed by atoms with Crippen LogP contribution in [0.2, 0.25) is 0 Å². The molecule has 94 valence electrons. The number of carbonyl (C=O) groups excluding carboxylic acids is 2. The highest BCUT2D eigenvalue weighted by Crippen LogP contribution is 1.97. The van der Waals surface area contributed by atoms with E-state index >= 15 is 0 Å². The third-order valence-electron chi connectivity index (χ3n) is 1.68. The number of hydrogen-bond acceptors (Lipinski definition) is 5. The Hall–Kier alpha value is -1.27. The first-order valence-corrected chi connectivity index (χ1v) is 5.04. The van der Waals surface area contributed by atoms with Crippen molar-refractivity contribution in [2.24, 2.45) is 5.73 Å². The molecule has 0 aliphatic carbocycles. The van der Waals surface area contributed by atoms with E-state index in [9.17, 15) is 9.59 Å². The van der Waals surface area contributed by atoms with Crippen LogP contribution in [0.25, 0.3) is 0 Å². The van der Waals surface area contributed by atoms with E-state index in [0.717, 1.165) is 19.4 Å². The molecule has 0 amide bonds. The number of nitrogens with two attached hydrogens (primary N) is 1. The highest BCUT2D eigenvalue weighted by molar-refractivity contribution is 6.23. The number of unbranched alkanes of at least 4 members (excludes halogenated alkanes) is 1. The molecule has 0 heterocycles. The largest absolute Gasteiger partial charge is 0.480 e. The highest BCUT2D eigenvalue weighted by atomic mass is 16.4. The van der Waals surface area contributed by atoms with Gasteiger partial charge in [0.05, 0.1) is 0 Å². The van der Waals surface area contributed by atoms with E-state index in [2.05, 4.69) is 5.32 Å². The van der Waals surface area contributed by atoms with Crippen LogP contribution in [0.1, 0.15) is 26.2 Å². The first-order valence-electron chi connectivity index (χ1n) is 5.04. The van der Waals surface area contributed by atoms with Gasteiger partial charge in [0, 0.05) is 6.92 Å². The zero-order chi connectivity index (χ0) is 13.0. The summed E-state index contributed by atoms with van der Waals surface area (Å²) in [4.78, 5) is 28.8. The third kappa shape index (κ3) is 15.2. The van der Waals surface area contributed by atoms with Crippen LogP contribution in [-0.4, -0.2) is 42.8 Å². The van der Waals surface area contributed by atoms with Crippen LogP contribution >= 0.6 is 0 Å². The Morgan fingerprint density at radius 1 is 1.44 bits per heavy atom. The van der Waals surface area contributed by atoms with Gasteiger partial charge in [-0.1, -0.05) is 6.42 Å². The lowest BCUT2D eigenvalue weighted by Gasteiger charge is -2.04. The summed E-state index contributed by atoms with van der Waals surface area (Å²) in [5.41, 5.74) is 5.28. The molecule has 0 aliphatic rings. The second-order valence-corrected chi connectivity index (χ2v) is 3.27. The molecule has 0 saturated heterocycles. The standard InChI is InChI=1S/C7H16N2O2.C3H4O2/c1-9-5-3-2-4-6(8)7(10)11;1-3(5)2-4/h6,9H,2-5,8H2,1H3,(H,10,11);2H,1H3. The molecule has 1 atom stereocenters. The molecule has 16 heavy (non-hydrogen) atoms. The summed E-state index contributed by atoms with van der Waals surface area (Å²) in [7, 11) is 1.87. The predicted octanol–water partition coefficient (Wildman–Crippen LogP) is -0.438. The lowest BCUT2D eigenvalue weighted by Crippen LogP contribution is -2.29.